The number of amides is 2. The van der Waals surface area contributed by atoms with Gasteiger partial charge in [-0.25, -0.2) is 4.39 Å². The van der Waals surface area contributed by atoms with Gasteiger partial charge in [-0.05, 0) is 58.7 Å². The van der Waals surface area contributed by atoms with Gasteiger partial charge < -0.3 is 19.7 Å². The van der Waals surface area contributed by atoms with Crippen LogP contribution in [0.2, 0.25) is 5.02 Å². The lowest BCUT2D eigenvalue weighted by Gasteiger charge is -2.32. The van der Waals surface area contributed by atoms with Crippen LogP contribution in [-0.2, 0) is 29.1 Å². The number of carbonyl (C=O) groups is 2. The predicted octanol–water partition coefficient (Wildman–Crippen LogP) is 5.84. The highest BCUT2D eigenvalue weighted by atomic mass is 35.5. The Morgan fingerprint density at radius 1 is 0.846 bits per heavy atom. The Kier molecular flexibility index (Phi) is 8.08. The van der Waals surface area contributed by atoms with Gasteiger partial charge >= 0.3 is 0 Å². The van der Waals surface area contributed by atoms with Crippen molar-refractivity contribution in [1.82, 2.24) is 10.2 Å². The molecule has 2 amide bonds. The summed E-state index contributed by atoms with van der Waals surface area (Å²) in [6.07, 6.45) is 0.0666. The summed E-state index contributed by atoms with van der Waals surface area (Å²) in [5.74, 6) is 0.306. The van der Waals surface area contributed by atoms with Crippen LogP contribution >= 0.6 is 11.6 Å². The van der Waals surface area contributed by atoms with Crippen molar-refractivity contribution in [2.45, 2.75) is 25.6 Å². The molecule has 0 unspecified atom stereocenters. The maximum absolute atomic E-state index is 13.8. The van der Waals surface area contributed by atoms with Gasteiger partial charge in [0.15, 0.2) is 11.5 Å². The zero-order valence-corrected chi connectivity index (χ0v) is 21.7. The maximum Gasteiger partial charge on any atom is 0.247 e. The number of carbonyl (C=O) groups excluding carboxylic acids is 2. The molecule has 1 N–H and O–H groups in total. The number of fused-ring (bicyclic) bond motifs is 1. The molecule has 0 spiro atoms. The highest BCUT2D eigenvalue weighted by molar-refractivity contribution is 6.30. The van der Waals surface area contributed by atoms with Crippen LogP contribution in [-0.4, -0.2) is 23.5 Å². The minimum atomic E-state index is -0.926. The van der Waals surface area contributed by atoms with Crippen molar-refractivity contribution in [3.05, 3.63) is 130 Å². The molecule has 0 saturated heterocycles. The fourth-order valence-electron chi connectivity index (χ4n) is 4.43. The van der Waals surface area contributed by atoms with Gasteiger partial charge in [0.1, 0.15) is 11.9 Å². The molecule has 1 atom stereocenters. The average Bonchev–Trinajstić information content (AvgIpc) is 3.42. The van der Waals surface area contributed by atoms with Crippen molar-refractivity contribution in [3.8, 4) is 11.5 Å². The lowest BCUT2D eigenvalue weighted by atomic mass is 10.0. The number of ether oxygens (including phenoxy) is 2. The van der Waals surface area contributed by atoms with Gasteiger partial charge in [-0.15, -0.1) is 0 Å². The molecule has 0 aliphatic carbocycles. The van der Waals surface area contributed by atoms with E-state index in [-0.39, 0.29) is 43.9 Å². The highest BCUT2D eigenvalue weighted by Crippen LogP contribution is 2.32. The fraction of sp³-hybridized carbons (Fsp3) is 0.161. The molecule has 6 nitrogen and oxygen atoms in total. The highest BCUT2D eigenvalue weighted by Gasteiger charge is 2.31. The molecule has 0 aromatic heterocycles. The summed E-state index contributed by atoms with van der Waals surface area (Å²) < 4.78 is 24.4. The smallest absolute Gasteiger partial charge is 0.247 e. The van der Waals surface area contributed by atoms with Crippen molar-refractivity contribution >= 4 is 23.4 Å². The van der Waals surface area contributed by atoms with E-state index in [0.717, 1.165) is 11.1 Å². The first-order valence-electron chi connectivity index (χ1n) is 12.5. The second kappa shape index (κ2) is 12.0. The van der Waals surface area contributed by atoms with E-state index in [1.54, 1.807) is 42.5 Å². The molecule has 8 heteroatoms. The Hall–Kier alpha value is -4.36. The van der Waals surface area contributed by atoms with Crippen LogP contribution in [0.25, 0.3) is 0 Å². The summed E-state index contributed by atoms with van der Waals surface area (Å²) in [5, 5.41) is 3.55. The molecule has 4 aromatic rings. The zero-order valence-electron chi connectivity index (χ0n) is 21.0. The van der Waals surface area contributed by atoms with Gasteiger partial charge in [0.25, 0.3) is 0 Å². The van der Waals surface area contributed by atoms with E-state index in [9.17, 15) is 14.0 Å². The fourth-order valence-corrected chi connectivity index (χ4v) is 4.56. The molecule has 5 rings (SSSR count). The third-order valence-electron chi connectivity index (χ3n) is 6.43. The van der Waals surface area contributed by atoms with Gasteiger partial charge in [-0.3, -0.25) is 9.59 Å². The SMILES string of the molecule is O=C(NCc1ccc2c(c1)OCO2)[C@H](c1ccccc1)N(Cc1ccc(F)cc1)C(=O)Cc1ccc(Cl)cc1. The molecule has 1 aliphatic rings. The summed E-state index contributed by atoms with van der Waals surface area (Å²) in [5.41, 5.74) is 2.95. The third-order valence-corrected chi connectivity index (χ3v) is 6.69. The Balaban J connectivity index is 1.44. The van der Waals surface area contributed by atoms with Gasteiger partial charge in [0.05, 0.1) is 6.42 Å². The van der Waals surface area contributed by atoms with Crippen LogP contribution in [0, 0.1) is 5.82 Å². The molecule has 4 aromatic carbocycles. The van der Waals surface area contributed by atoms with E-state index in [0.29, 0.717) is 27.6 Å². The Bertz CT molecular complexity index is 1450. The van der Waals surface area contributed by atoms with Crippen molar-refractivity contribution in [2.75, 3.05) is 6.79 Å². The summed E-state index contributed by atoms with van der Waals surface area (Å²) >= 11 is 6.03. The van der Waals surface area contributed by atoms with Crippen LogP contribution in [0.1, 0.15) is 28.3 Å². The first-order valence-corrected chi connectivity index (χ1v) is 12.8. The summed E-state index contributed by atoms with van der Waals surface area (Å²) in [7, 11) is 0. The normalized spacial score (nSPS) is 12.6. The largest absolute Gasteiger partial charge is 0.454 e. The Labute approximate surface area is 230 Å². The monoisotopic (exact) mass is 544 g/mol. The van der Waals surface area contributed by atoms with E-state index >= 15 is 0 Å². The van der Waals surface area contributed by atoms with Crippen LogP contribution in [0.3, 0.4) is 0 Å². The minimum Gasteiger partial charge on any atom is -0.454 e. The number of rotatable bonds is 9. The Morgan fingerprint density at radius 2 is 1.51 bits per heavy atom. The van der Waals surface area contributed by atoms with Gasteiger partial charge in [-0.1, -0.05) is 72.3 Å². The van der Waals surface area contributed by atoms with Crippen LogP contribution in [0.5, 0.6) is 11.5 Å². The number of halogens is 2. The Morgan fingerprint density at radius 3 is 2.26 bits per heavy atom. The molecule has 0 bridgehead atoms. The van der Waals surface area contributed by atoms with E-state index in [4.69, 9.17) is 21.1 Å². The summed E-state index contributed by atoms with van der Waals surface area (Å²) in [4.78, 5) is 29.1. The molecule has 39 heavy (non-hydrogen) atoms. The van der Waals surface area contributed by atoms with E-state index < -0.39 is 6.04 Å². The molecular weight excluding hydrogens is 519 g/mol. The second-order valence-electron chi connectivity index (χ2n) is 9.17. The summed E-state index contributed by atoms with van der Waals surface area (Å²) in [6, 6.07) is 26.6. The topological polar surface area (TPSA) is 67.9 Å². The average molecular weight is 545 g/mol. The third kappa shape index (κ3) is 6.56. The molecule has 1 aliphatic heterocycles. The number of benzene rings is 4. The molecule has 0 fully saturated rings. The number of hydrogen-bond acceptors (Lipinski definition) is 4. The van der Waals surface area contributed by atoms with Crippen molar-refractivity contribution in [2.24, 2.45) is 0 Å². The van der Waals surface area contributed by atoms with Gasteiger partial charge in [0.2, 0.25) is 18.6 Å². The number of nitrogens with one attached hydrogen (secondary N) is 1. The number of hydrogen-bond donors (Lipinski definition) is 1. The number of nitrogens with zero attached hydrogens (tertiary/aromatic N) is 1. The van der Waals surface area contributed by atoms with Crippen LogP contribution in [0.15, 0.2) is 97.1 Å². The molecule has 1 heterocycles. The van der Waals surface area contributed by atoms with E-state index in [2.05, 4.69) is 5.32 Å². The molecular formula is C31H26ClFN2O4. The minimum absolute atomic E-state index is 0.0666. The molecule has 0 radical (unpaired) electrons. The quantitative estimate of drug-likeness (QED) is 0.287. The van der Waals surface area contributed by atoms with E-state index in [1.165, 1.54) is 17.0 Å². The first kappa shape index (κ1) is 26.3. The van der Waals surface area contributed by atoms with Crippen molar-refractivity contribution in [3.63, 3.8) is 0 Å². The molecule has 0 saturated carbocycles. The van der Waals surface area contributed by atoms with Gasteiger partial charge in [0, 0.05) is 18.1 Å². The molecule has 198 valence electrons. The summed E-state index contributed by atoms with van der Waals surface area (Å²) in [6.45, 7) is 0.508. The predicted molar refractivity (Wildman–Crippen MR) is 146 cm³/mol. The van der Waals surface area contributed by atoms with Crippen molar-refractivity contribution < 1.29 is 23.5 Å². The lowest BCUT2D eigenvalue weighted by Crippen LogP contribution is -2.43. The standard InChI is InChI=1S/C31H26ClFN2O4/c32-25-11-6-21(7-12-25)17-29(36)35(19-22-8-13-26(33)14-9-22)30(24-4-2-1-3-5-24)31(37)34-18-23-10-15-27-28(16-23)39-20-38-27/h1-16,30H,17-20H2,(H,34,37)/t30-/m0/s1. The van der Waals surface area contributed by atoms with Gasteiger partial charge in [-0.2, -0.15) is 0 Å². The maximum atomic E-state index is 13.8. The first-order chi connectivity index (χ1) is 19.0. The lowest BCUT2D eigenvalue weighted by molar-refractivity contribution is -0.141. The van der Waals surface area contributed by atoms with Crippen LogP contribution < -0.4 is 14.8 Å². The van der Waals surface area contributed by atoms with E-state index in [1.807, 2.05) is 42.5 Å². The second-order valence-corrected chi connectivity index (χ2v) is 9.61. The van der Waals surface area contributed by atoms with Crippen molar-refractivity contribution in [1.29, 1.82) is 0 Å². The zero-order chi connectivity index (χ0) is 27.2. The van der Waals surface area contributed by atoms with Crippen LogP contribution in [0.4, 0.5) is 4.39 Å².